The lowest BCUT2D eigenvalue weighted by molar-refractivity contribution is -0.141. The maximum Gasteiger partial charge on any atom is 0.325 e. The zero-order chi connectivity index (χ0) is 17.3. The summed E-state index contributed by atoms with van der Waals surface area (Å²) in [6.07, 6.45) is 1.62. The minimum atomic E-state index is -0.411. The molecule has 0 aliphatic rings. The number of hydrogen-bond acceptors (Lipinski definition) is 3. The zero-order valence-corrected chi connectivity index (χ0v) is 13.4. The van der Waals surface area contributed by atoms with Crippen LogP contribution in [0.25, 0.3) is 22.0 Å². The number of esters is 1. The van der Waals surface area contributed by atoms with Crippen molar-refractivity contribution in [2.45, 2.75) is 13.5 Å². The first-order valence-electron chi connectivity index (χ1n) is 7.46. The van der Waals surface area contributed by atoms with E-state index in [2.05, 4.69) is 0 Å². The number of aryl methyl sites for hydroxylation is 1. The molecule has 0 unspecified atom stereocenters. The monoisotopic (exact) mass is 325 g/mol. The van der Waals surface area contributed by atoms with Gasteiger partial charge in [-0.2, -0.15) is 0 Å². The number of fused-ring (bicyclic) bond motifs is 1. The van der Waals surface area contributed by atoms with Gasteiger partial charge in [-0.05, 0) is 42.3 Å². The summed E-state index contributed by atoms with van der Waals surface area (Å²) in [5.74, 6) is -0.781. The maximum absolute atomic E-state index is 13.2. The number of benzene rings is 2. The molecule has 0 saturated heterocycles. The highest BCUT2D eigenvalue weighted by Crippen LogP contribution is 2.21. The fourth-order valence-corrected chi connectivity index (χ4v) is 2.67. The summed E-state index contributed by atoms with van der Waals surface area (Å²) in [6.45, 7) is 1.91. The summed E-state index contributed by atoms with van der Waals surface area (Å²) in [4.78, 5) is 24.5. The Hall–Kier alpha value is -2.95. The number of rotatable bonds is 3. The van der Waals surface area contributed by atoms with Crippen LogP contribution in [0.3, 0.4) is 0 Å². The highest BCUT2D eigenvalue weighted by atomic mass is 19.1. The molecule has 0 bridgehead atoms. The highest BCUT2D eigenvalue weighted by Gasteiger charge is 2.13. The van der Waals surface area contributed by atoms with Gasteiger partial charge in [-0.15, -0.1) is 0 Å². The Balaban J connectivity index is 2.29. The Morgan fingerprint density at radius 2 is 1.88 bits per heavy atom. The molecule has 0 saturated carbocycles. The van der Waals surface area contributed by atoms with Crippen molar-refractivity contribution in [3.8, 4) is 11.1 Å². The van der Waals surface area contributed by atoms with E-state index in [-0.39, 0.29) is 17.8 Å². The average molecular weight is 325 g/mol. The second-order valence-electron chi connectivity index (χ2n) is 5.60. The van der Waals surface area contributed by atoms with Gasteiger partial charge >= 0.3 is 5.97 Å². The van der Waals surface area contributed by atoms with Gasteiger partial charge in [0.15, 0.2) is 5.43 Å². The van der Waals surface area contributed by atoms with Crippen LogP contribution in [0, 0.1) is 12.7 Å². The summed E-state index contributed by atoms with van der Waals surface area (Å²) >= 11 is 0. The van der Waals surface area contributed by atoms with E-state index >= 15 is 0 Å². The zero-order valence-electron chi connectivity index (χ0n) is 13.4. The van der Waals surface area contributed by atoms with E-state index < -0.39 is 5.97 Å². The van der Waals surface area contributed by atoms with Gasteiger partial charge in [0, 0.05) is 17.1 Å². The van der Waals surface area contributed by atoms with Crippen LogP contribution in [-0.2, 0) is 16.1 Å². The Morgan fingerprint density at radius 3 is 2.54 bits per heavy atom. The molecule has 122 valence electrons. The molecule has 0 atom stereocenters. The molecule has 3 aromatic rings. The first-order chi connectivity index (χ1) is 11.5. The van der Waals surface area contributed by atoms with Crippen molar-refractivity contribution in [2.24, 2.45) is 0 Å². The molecular formula is C19H16FNO3. The van der Waals surface area contributed by atoms with Crippen LogP contribution < -0.4 is 5.43 Å². The van der Waals surface area contributed by atoms with Crippen LogP contribution >= 0.6 is 0 Å². The molecule has 0 aliphatic heterocycles. The number of nitrogens with zero attached hydrogens (tertiary/aromatic N) is 1. The molecule has 24 heavy (non-hydrogen) atoms. The fourth-order valence-electron chi connectivity index (χ4n) is 2.67. The first kappa shape index (κ1) is 15.9. The molecule has 0 aliphatic carbocycles. The normalized spacial score (nSPS) is 10.8. The molecule has 5 heteroatoms. The van der Waals surface area contributed by atoms with E-state index in [1.54, 1.807) is 29.0 Å². The molecule has 0 N–H and O–H groups in total. The van der Waals surface area contributed by atoms with E-state index in [0.717, 1.165) is 5.56 Å². The van der Waals surface area contributed by atoms with Gasteiger partial charge in [0.25, 0.3) is 0 Å². The lowest BCUT2D eigenvalue weighted by atomic mass is 10.0. The Labute approximate surface area is 138 Å². The van der Waals surface area contributed by atoms with Crippen molar-refractivity contribution in [1.82, 2.24) is 4.57 Å². The first-order valence-corrected chi connectivity index (χ1v) is 7.46. The van der Waals surface area contributed by atoms with Crippen LogP contribution in [-0.4, -0.2) is 17.6 Å². The van der Waals surface area contributed by atoms with Gasteiger partial charge in [0.05, 0.1) is 12.6 Å². The van der Waals surface area contributed by atoms with Gasteiger partial charge in [-0.25, -0.2) is 4.39 Å². The summed E-state index contributed by atoms with van der Waals surface area (Å²) in [5.41, 5.74) is 2.50. The van der Waals surface area contributed by atoms with Crippen molar-refractivity contribution >= 4 is 16.9 Å². The maximum atomic E-state index is 13.2. The number of carbonyl (C=O) groups excluding carboxylic acids is 1. The second-order valence-corrected chi connectivity index (χ2v) is 5.60. The average Bonchev–Trinajstić information content (AvgIpc) is 2.58. The molecule has 1 heterocycles. The van der Waals surface area contributed by atoms with Crippen molar-refractivity contribution < 1.29 is 13.9 Å². The number of pyridine rings is 1. The quantitative estimate of drug-likeness (QED) is 0.694. The molecule has 1 aromatic heterocycles. The SMILES string of the molecule is COC(=O)Cn1cc(-c2ccc(F)cc2)c(=O)c2ccc(C)cc21. The molecule has 0 fully saturated rings. The van der Waals surface area contributed by atoms with Gasteiger partial charge < -0.3 is 9.30 Å². The summed E-state index contributed by atoms with van der Waals surface area (Å²) in [6, 6.07) is 11.2. The predicted molar refractivity (Wildman–Crippen MR) is 90.4 cm³/mol. The third-order valence-electron chi connectivity index (χ3n) is 3.92. The van der Waals surface area contributed by atoms with E-state index in [1.807, 2.05) is 19.1 Å². The molecular weight excluding hydrogens is 309 g/mol. The minimum absolute atomic E-state index is 0.00900. The van der Waals surface area contributed by atoms with Crippen LogP contribution in [0.5, 0.6) is 0 Å². The van der Waals surface area contributed by atoms with E-state index in [9.17, 15) is 14.0 Å². The van der Waals surface area contributed by atoms with Gasteiger partial charge in [0.1, 0.15) is 12.4 Å². The van der Waals surface area contributed by atoms with Crippen molar-refractivity contribution in [1.29, 1.82) is 0 Å². The fraction of sp³-hybridized carbons (Fsp3) is 0.158. The number of halogens is 1. The standard InChI is InChI=1S/C19H16FNO3/c1-12-3-8-15-17(9-12)21(11-18(22)24-2)10-16(19(15)23)13-4-6-14(20)7-5-13/h3-10H,11H2,1-2H3. The third-order valence-corrected chi connectivity index (χ3v) is 3.92. The Kier molecular flexibility index (Phi) is 4.16. The van der Waals surface area contributed by atoms with Gasteiger partial charge in [-0.3, -0.25) is 9.59 Å². The van der Waals surface area contributed by atoms with Crippen LogP contribution in [0.2, 0.25) is 0 Å². The minimum Gasteiger partial charge on any atom is -0.468 e. The summed E-state index contributed by atoms with van der Waals surface area (Å²) in [5, 5.41) is 0.506. The van der Waals surface area contributed by atoms with Crippen LogP contribution in [0.4, 0.5) is 4.39 Å². The Morgan fingerprint density at radius 1 is 1.17 bits per heavy atom. The van der Waals surface area contributed by atoms with Crippen molar-refractivity contribution in [3.63, 3.8) is 0 Å². The molecule has 0 radical (unpaired) electrons. The summed E-state index contributed by atoms with van der Waals surface area (Å²) in [7, 11) is 1.32. The molecule has 0 amide bonds. The number of methoxy groups -OCH3 is 1. The van der Waals surface area contributed by atoms with Gasteiger partial charge in [-0.1, -0.05) is 18.2 Å². The largest absolute Gasteiger partial charge is 0.468 e. The highest BCUT2D eigenvalue weighted by molar-refractivity contribution is 5.85. The second kappa shape index (κ2) is 6.28. The molecule has 3 rings (SSSR count). The Bertz CT molecular complexity index is 974. The lowest BCUT2D eigenvalue weighted by Crippen LogP contribution is -2.17. The van der Waals surface area contributed by atoms with Crippen LogP contribution in [0.1, 0.15) is 5.56 Å². The number of aromatic nitrogens is 1. The number of ether oxygens (including phenoxy) is 1. The molecule has 2 aromatic carbocycles. The third kappa shape index (κ3) is 2.93. The van der Waals surface area contributed by atoms with E-state index in [4.69, 9.17) is 4.74 Å². The van der Waals surface area contributed by atoms with E-state index in [0.29, 0.717) is 22.0 Å². The number of carbonyl (C=O) groups is 1. The molecule has 0 spiro atoms. The topological polar surface area (TPSA) is 48.3 Å². The smallest absolute Gasteiger partial charge is 0.325 e. The van der Waals surface area contributed by atoms with Crippen LogP contribution in [0.15, 0.2) is 53.5 Å². The lowest BCUT2D eigenvalue weighted by Gasteiger charge is -2.13. The summed E-state index contributed by atoms with van der Waals surface area (Å²) < 4.78 is 19.6. The van der Waals surface area contributed by atoms with Gasteiger partial charge in [0.2, 0.25) is 0 Å². The molecule has 4 nitrogen and oxygen atoms in total. The number of hydrogen-bond donors (Lipinski definition) is 0. The predicted octanol–water partition coefficient (Wildman–Crippen LogP) is 3.29. The van der Waals surface area contributed by atoms with Crippen molar-refractivity contribution in [3.05, 3.63) is 70.3 Å². The van der Waals surface area contributed by atoms with Crippen molar-refractivity contribution in [2.75, 3.05) is 7.11 Å². The van der Waals surface area contributed by atoms with E-state index in [1.165, 1.54) is 19.2 Å².